The number of aryl methyl sites for hydroxylation is 1. The Morgan fingerprint density at radius 1 is 1.48 bits per heavy atom. The van der Waals surface area contributed by atoms with Gasteiger partial charge in [-0.1, -0.05) is 12.1 Å². The van der Waals surface area contributed by atoms with Gasteiger partial charge in [-0.05, 0) is 19.1 Å². The summed E-state index contributed by atoms with van der Waals surface area (Å²) in [6.45, 7) is 4.34. The molecule has 0 aliphatic carbocycles. The Morgan fingerprint density at radius 3 is 2.95 bits per heavy atom. The first kappa shape index (κ1) is 14.0. The molecule has 2 heterocycles. The van der Waals surface area contributed by atoms with Crippen molar-refractivity contribution in [2.24, 2.45) is 12.8 Å². The molecule has 6 nitrogen and oxygen atoms in total. The molecule has 0 radical (unpaired) electrons. The Labute approximate surface area is 123 Å². The molecule has 112 valence electrons. The average Bonchev–Trinajstić information content (AvgIpc) is 2.84. The van der Waals surface area contributed by atoms with Gasteiger partial charge in [0.1, 0.15) is 11.9 Å². The number of aromatic nitrogens is 2. The van der Waals surface area contributed by atoms with Gasteiger partial charge in [-0.2, -0.15) is 0 Å². The van der Waals surface area contributed by atoms with Crippen molar-refractivity contribution >= 4 is 16.9 Å². The van der Waals surface area contributed by atoms with E-state index in [1.54, 1.807) is 0 Å². The Morgan fingerprint density at radius 2 is 2.24 bits per heavy atom. The summed E-state index contributed by atoms with van der Waals surface area (Å²) in [7, 11) is 2.02. The van der Waals surface area contributed by atoms with Gasteiger partial charge in [0.05, 0.1) is 17.1 Å². The summed E-state index contributed by atoms with van der Waals surface area (Å²) in [4.78, 5) is 18.5. The Bertz CT molecular complexity index is 665. The van der Waals surface area contributed by atoms with Crippen LogP contribution in [0.2, 0.25) is 0 Å². The van der Waals surface area contributed by atoms with Crippen LogP contribution in [0.5, 0.6) is 0 Å². The molecule has 3 rings (SSSR count). The molecule has 1 aliphatic heterocycles. The number of carbonyl (C=O) groups is 1. The summed E-state index contributed by atoms with van der Waals surface area (Å²) < 4.78 is 2.10. The maximum absolute atomic E-state index is 11.7. The molecule has 1 aromatic heterocycles. The summed E-state index contributed by atoms with van der Waals surface area (Å²) in [5.41, 5.74) is 7.62. The van der Waals surface area contributed by atoms with Crippen molar-refractivity contribution in [2.45, 2.75) is 19.0 Å². The van der Waals surface area contributed by atoms with E-state index in [0.29, 0.717) is 6.54 Å². The van der Waals surface area contributed by atoms with Crippen LogP contribution >= 0.6 is 0 Å². The number of nitrogens with one attached hydrogen (secondary N) is 1. The second-order valence-corrected chi connectivity index (χ2v) is 5.55. The quantitative estimate of drug-likeness (QED) is 0.856. The van der Waals surface area contributed by atoms with Gasteiger partial charge in [-0.25, -0.2) is 4.98 Å². The molecule has 1 amide bonds. The summed E-state index contributed by atoms with van der Waals surface area (Å²) >= 11 is 0. The molecule has 1 fully saturated rings. The SMILES string of the molecule is CC(c1nc2ccccc2n1C)N1CCNCC1C(N)=O. The highest BCUT2D eigenvalue weighted by Gasteiger charge is 2.32. The molecule has 1 aromatic carbocycles. The number of benzene rings is 1. The maximum Gasteiger partial charge on any atom is 0.236 e. The van der Waals surface area contributed by atoms with Crippen LogP contribution in [-0.2, 0) is 11.8 Å². The minimum Gasteiger partial charge on any atom is -0.368 e. The maximum atomic E-state index is 11.7. The van der Waals surface area contributed by atoms with E-state index in [1.807, 2.05) is 25.2 Å². The number of carbonyl (C=O) groups excluding carboxylic acids is 1. The summed E-state index contributed by atoms with van der Waals surface area (Å²) in [6.07, 6.45) is 0. The Kier molecular flexibility index (Phi) is 3.65. The molecule has 2 aromatic rings. The number of amides is 1. The van der Waals surface area contributed by atoms with Crippen molar-refractivity contribution in [1.29, 1.82) is 0 Å². The number of imidazole rings is 1. The average molecular weight is 287 g/mol. The zero-order valence-corrected chi connectivity index (χ0v) is 12.4. The second kappa shape index (κ2) is 5.46. The number of piperazine rings is 1. The van der Waals surface area contributed by atoms with Crippen LogP contribution < -0.4 is 11.1 Å². The van der Waals surface area contributed by atoms with Crippen molar-refractivity contribution < 1.29 is 4.79 Å². The van der Waals surface area contributed by atoms with Gasteiger partial charge in [0.15, 0.2) is 0 Å². The number of hydrogen-bond donors (Lipinski definition) is 2. The summed E-state index contributed by atoms with van der Waals surface area (Å²) in [5, 5.41) is 3.22. The molecule has 0 spiro atoms. The monoisotopic (exact) mass is 287 g/mol. The van der Waals surface area contributed by atoms with Gasteiger partial charge < -0.3 is 15.6 Å². The number of hydrogen-bond acceptors (Lipinski definition) is 4. The standard InChI is InChI=1S/C15H21N5O/c1-10(20-8-7-17-9-13(20)14(16)21)15-18-11-5-3-4-6-12(11)19(15)2/h3-6,10,13,17H,7-9H2,1-2H3,(H2,16,21). The highest BCUT2D eigenvalue weighted by molar-refractivity contribution is 5.80. The third-order valence-corrected chi connectivity index (χ3v) is 4.31. The molecule has 1 saturated heterocycles. The van der Waals surface area contributed by atoms with E-state index in [2.05, 4.69) is 27.8 Å². The lowest BCUT2D eigenvalue weighted by Crippen LogP contribution is -2.57. The van der Waals surface area contributed by atoms with Crippen LogP contribution in [0, 0.1) is 0 Å². The number of rotatable bonds is 3. The first-order valence-corrected chi connectivity index (χ1v) is 7.26. The number of nitrogens with two attached hydrogens (primary N) is 1. The van der Waals surface area contributed by atoms with Crippen LogP contribution in [0.3, 0.4) is 0 Å². The van der Waals surface area contributed by atoms with Crippen LogP contribution in [0.25, 0.3) is 11.0 Å². The predicted octanol–water partition coefficient (Wildman–Crippen LogP) is 0.393. The zero-order chi connectivity index (χ0) is 15.0. The van der Waals surface area contributed by atoms with Crippen LogP contribution in [0.4, 0.5) is 0 Å². The highest BCUT2D eigenvalue weighted by atomic mass is 16.1. The van der Waals surface area contributed by atoms with Gasteiger partial charge in [0, 0.05) is 26.7 Å². The van der Waals surface area contributed by atoms with E-state index in [9.17, 15) is 4.79 Å². The second-order valence-electron chi connectivity index (χ2n) is 5.55. The van der Waals surface area contributed by atoms with Gasteiger partial charge in [0.25, 0.3) is 0 Å². The molecule has 0 saturated carbocycles. The zero-order valence-electron chi connectivity index (χ0n) is 12.4. The minimum atomic E-state index is -0.284. The Balaban J connectivity index is 1.97. The fraction of sp³-hybridized carbons (Fsp3) is 0.467. The van der Waals surface area contributed by atoms with E-state index in [1.165, 1.54) is 0 Å². The van der Waals surface area contributed by atoms with Gasteiger partial charge in [-0.15, -0.1) is 0 Å². The van der Waals surface area contributed by atoms with Crippen molar-refractivity contribution in [2.75, 3.05) is 19.6 Å². The van der Waals surface area contributed by atoms with Crippen LogP contribution in [-0.4, -0.2) is 46.0 Å². The van der Waals surface area contributed by atoms with E-state index in [0.717, 1.165) is 29.9 Å². The lowest BCUT2D eigenvalue weighted by molar-refractivity contribution is -0.124. The van der Waals surface area contributed by atoms with Gasteiger partial charge in [-0.3, -0.25) is 9.69 Å². The smallest absolute Gasteiger partial charge is 0.236 e. The largest absolute Gasteiger partial charge is 0.368 e. The van der Waals surface area contributed by atoms with Crippen molar-refractivity contribution in [3.63, 3.8) is 0 Å². The molecule has 0 bridgehead atoms. The van der Waals surface area contributed by atoms with Crippen molar-refractivity contribution in [3.05, 3.63) is 30.1 Å². The van der Waals surface area contributed by atoms with Crippen molar-refractivity contribution in [3.8, 4) is 0 Å². The topological polar surface area (TPSA) is 76.2 Å². The lowest BCUT2D eigenvalue weighted by atomic mass is 10.1. The predicted molar refractivity (Wildman–Crippen MR) is 81.7 cm³/mol. The summed E-state index contributed by atoms with van der Waals surface area (Å²) in [5.74, 6) is 0.678. The van der Waals surface area contributed by atoms with E-state index >= 15 is 0 Å². The van der Waals surface area contributed by atoms with Crippen LogP contribution in [0.15, 0.2) is 24.3 Å². The third-order valence-electron chi connectivity index (χ3n) is 4.31. The molecule has 21 heavy (non-hydrogen) atoms. The molecule has 2 unspecified atom stereocenters. The van der Waals surface area contributed by atoms with Crippen molar-refractivity contribution in [1.82, 2.24) is 19.8 Å². The molecule has 6 heteroatoms. The lowest BCUT2D eigenvalue weighted by Gasteiger charge is -2.38. The van der Waals surface area contributed by atoms with Crippen LogP contribution in [0.1, 0.15) is 18.8 Å². The van der Waals surface area contributed by atoms with Gasteiger partial charge >= 0.3 is 0 Å². The molecule has 1 aliphatic rings. The van der Waals surface area contributed by atoms with E-state index in [-0.39, 0.29) is 18.0 Å². The minimum absolute atomic E-state index is 0.0435. The fourth-order valence-corrected chi connectivity index (χ4v) is 3.13. The third kappa shape index (κ3) is 2.41. The number of primary amides is 1. The first-order chi connectivity index (χ1) is 10.1. The molecular formula is C15H21N5O. The fourth-order valence-electron chi connectivity index (χ4n) is 3.13. The Hall–Kier alpha value is -1.92. The molecular weight excluding hydrogens is 266 g/mol. The highest BCUT2D eigenvalue weighted by Crippen LogP contribution is 2.25. The number of nitrogens with zero attached hydrogens (tertiary/aromatic N) is 3. The number of para-hydroxylation sites is 2. The molecule has 3 N–H and O–H groups in total. The van der Waals surface area contributed by atoms with Gasteiger partial charge in [0.2, 0.25) is 5.91 Å². The first-order valence-electron chi connectivity index (χ1n) is 7.26. The molecule has 2 atom stereocenters. The normalized spacial score (nSPS) is 21.5. The number of fused-ring (bicyclic) bond motifs is 1. The summed E-state index contributed by atoms with van der Waals surface area (Å²) in [6, 6.07) is 7.82. The van der Waals surface area contributed by atoms with E-state index < -0.39 is 0 Å². The van der Waals surface area contributed by atoms with E-state index in [4.69, 9.17) is 10.7 Å².